The number of rotatable bonds is 15. The van der Waals surface area contributed by atoms with Crippen LogP contribution in [0.15, 0.2) is 14.4 Å². The van der Waals surface area contributed by atoms with Gasteiger partial charge in [-0.1, -0.05) is 0 Å². The number of carbonyl (C=O) groups excluding carboxylic acids is 3. The first-order valence-corrected chi connectivity index (χ1v) is 12.3. The molecule has 3 amide bonds. The zero-order chi connectivity index (χ0) is 27.8. The molecule has 4 heterocycles. The van der Waals surface area contributed by atoms with Crippen LogP contribution in [0.4, 0.5) is 14.4 Å². The van der Waals surface area contributed by atoms with E-state index in [-0.39, 0.29) is 77.4 Å². The predicted molar refractivity (Wildman–Crippen MR) is 126 cm³/mol. The highest BCUT2D eigenvalue weighted by Gasteiger charge is 2.25. The Balaban J connectivity index is 1.38. The molecule has 3 N–H and O–H groups in total. The maximum atomic E-state index is 13.0. The van der Waals surface area contributed by atoms with E-state index in [1.807, 2.05) is 0 Å². The molecule has 3 atom stereocenters. The Hall–Kier alpha value is -3.90. The zero-order valence-corrected chi connectivity index (χ0v) is 21.0. The summed E-state index contributed by atoms with van der Waals surface area (Å²) in [6, 6.07) is 0. The molecular weight excluding hydrogens is 528 g/mol. The largest absolute Gasteiger partial charge is 0.448 e. The lowest BCUT2D eigenvalue weighted by atomic mass is 10.5. The van der Waals surface area contributed by atoms with Crippen LogP contribution in [0.2, 0.25) is 0 Å². The number of aromatic nitrogens is 3. The average molecular weight is 559 g/mol. The average Bonchev–Trinajstić information content (AvgIpc) is 3.76. The molecule has 18 heteroatoms. The molecule has 1 aromatic heterocycles. The standard InChI is InChI=1S/C21H30N6O12/c28-16(22-7-13-10-37-13)34-4-1-25-19(31)26(2-5-35-17(29)23-8-14-11-38-14)21(33)27(20(25)32)3-6-36-18(30)24-9-15-12-39-15/h13-15H,1-12H2,(H,22,28)(H,23,29)(H,24,30). The van der Waals surface area contributed by atoms with Crippen molar-refractivity contribution >= 4 is 18.3 Å². The maximum Gasteiger partial charge on any atom is 0.407 e. The first-order valence-electron chi connectivity index (χ1n) is 12.3. The Kier molecular flexibility index (Phi) is 9.55. The van der Waals surface area contributed by atoms with Gasteiger partial charge in [-0.2, -0.15) is 0 Å². The van der Waals surface area contributed by atoms with E-state index in [2.05, 4.69) is 16.0 Å². The fourth-order valence-electron chi connectivity index (χ4n) is 3.25. The molecule has 18 nitrogen and oxygen atoms in total. The van der Waals surface area contributed by atoms with Crippen LogP contribution in [-0.2, 0) is 48.1 Å². The molecule has 0 radical (unpaired) electrons. The first kappa shape index (κ1) is 28.1. The van der Waals surface area contributed by atoms with E-state index in [1.54, 1.807) is 0 Å². The highest BCUT2D eigenvalue weighted by molar-refractivity contribution is 5.67. The summed E-state index contributed by atoms with van der Waals surface area (Å²) in [6.45, 7) is 0.256. The van der Waals surface area contributed by atoms with E-state index < -0.39 is 35.3 Å². The smallest absolute Gasteiger partial charge is 0.407 e. The Labute approximate surface area is 220 Å². The number of alkyl carbamates (subject to hydrolysis) is 3. The first-order chi connectivity index (χ1) is 18.8. The van der Waals surface area contributed by atoms with Crippen molar-refractivity contribution in [3.63, 3.8) is 0 Å². The summed E-state index contributed by atoms with van der Waals surface area (Å²) in [5.74, 6) is 0. The highest BCUT2D eigenvalue weighted by Crippen LogP contribution is 2.07. The van der Waals surface area contributed by atoms with E-state index in [0.717, 1.165) is 0 Å². The number of hydrogen-bond donors (Lipinski definition) is 3. The summed E-state index contributed by atoms with van der Waals surface area (Å²) in [6.07, 6.45) is -2.48. The third-order valence-corrected chi connectivity index (χ3v) is 5.66. The molecule has 0 saturated carbocycles. The molecule has 0 aliphatic carbocycles. The van der Waals surface area contributed by atoms with Gasteiger partial charge in [-0.3, -0.25) is 0 Å². The van der Waals surface area contributed by atoms with Crippen LogP contribution in [0.1, 0.15) is 0 Å². The van der Waals surface area contributed by atoms with Crippen molar-refractivity contribution in [1.29, 1.82) is 0 Å². The lowest BCUT2D eigenvalue weighted by Gasteiger charge is -2.14. The van der Waals surface area contributed by atoms with Crippen LogP contribution in [0, 0.1) is 0 Å². The maximum absolute atomic E-state index is 13.0. The molecule has 3 saturated heterocycles. The lowest BCUT2D eigenvalue weighted by Crippen LogP contribution is -2.55. The summed E-state index contributed by atoms with van der Waals surface area (Å²) in [5, 5.41) is 7.42. The number of amides is 3. The van der Waals surface area contributed by atoms with E-state index in [0.29, 0.717) is 33.5 Å². The predicted octanol–water partition coefficient (Wildman–Crippen LogP) is -3.45. The third kappa shape index (κ3) is 9.11. The van der Waals surface area contributed by atoms with Crippen LogP contribution in [-0.4, -0.2) is 110 Å². The molecule has 39 heavy (non-hydrogen) atoms. The third-order valence-electron chi connectivity index (χ3n) is 5.66. The second kappa shape index (κ2) is 13.3. The SMILES string of the molecule is O=C(NCC1CO1)OCCn1c(=O)n(CCOC(=O)NCC2CO2)c(=O)n(CCOC(=O)NCC2CO2)c1=O. The second-order valence-corrected chi connectivity index (χ2v) is 8.72. The summed E-state index contributed by atoms with van der Waals surface area (Å²) in [5.41, 5.74) is -2.97. The fraction of sp³-hybridized carbons (Fsp3) is 0.714. The van der Waals surface area contributed by atoms with Gasteiger partial charge in [-0.05, 0) is 0 Å². The molecule has 0 aromatic carbocycles. The number of ether oxygens (including phenoxy) is 6. The van der Waals surface area contributed by atoms with Crippen molar-refractivity contribution in [3.8, 4) is 0 Å². The van der Waals surface area contributed by atoms with Crippen LogP contribution in [0.5, 0.6) is 0 Å². The normalized spacial score (nSPS) is 20.5. The minimum Gasteiger partial charge on any atom is -0.448 e. The molecule has 4 rings (SSSR count). The molecule has 3 aliphatic rings. The van der Waals surface area contributed by atoms with Crippen LogP contribution in [0.25, 0.3) is 0 Å². The monoisotopic (exact) mass is 558 g/mol. The Bertz CT molecular complexity index is 1040. The van der Waals surface area contributed by atoms with Crippen molar-refractivity contribution in [2.75, 3.05) is 59.3 Å². The van der Waals surface area contributed by atoms with Crippen LogP contribution in [0.3, 0.4) is 0 Å². The number of carbonyl (C=O) groups is 3. The molecule has 3 unspecified atom stereocenters. The second-order valence-electron chi connectivity index (χ2n) is 8.72. The zero-order valence-electron chi connectivity index (χ0n) is 21.0. The highest BCUT2D eigenvalue weighted by atomic mass is 16.6. The number of nitrogens with one attached hydrogen (secondary N) is 3. The molecule has 1 aromatic rings. The van der Waals surface area contributed by atoms with Crippen molar-refractivity contribution in [3.05, 3.63) is 31.5 Å². The number of nitrogens with zero attached hydrogens (tertiary/aromatic N) is 3. The number of hydrogen-bond acceptors (Lipinski definition) is 12. The van der Waals surface area contributed by atoms with Gasteiger partial charge in [-0.25, -0.2) is 42.5 Å². The van der Waals surface area contributed by atoms with E-state index >= 15 is 0 Å². The molecule has 3 aliphatic heterocycles. The van der Waals surface area contributed by atoms with Gasteiger partial charge < -0.3 is 44.4 Å². The van der Waals surface area contributed by atoms with Gasteiger partial charge in [0.25, 0.3) is 0 Å². The fourth-order valence-corrected chi connectivity index (χ4v) is 3.25. The summed E-state index contributed by atoms with van der Waals surface area (Å²) >= 11 is 0. The molecule has 3 fully saturated rings. The van der Waals surface area contributed by atoms with Gasteiger partial charge >= 0.3 is 35.3 Å². The van der Waals surface area contributed by atoms with E-state index in [1.165, 1.54) is 0 Å². The van der Waals surface area contributed by atoms with Crippen molar-refractivity contribution in [2.24, 2.45) is 0 Å². The number of epoxide rings is 3. The van der Waals surface area contributed by atoms with E-state index in [4.69, 9.17) is 28.4 Å². The quantitative estimate of drug-likeness (QED) is 0.141. The van der Waals surface area contributed by atoms with Gasteiger partial charge in [0, 0.05) is 19.6 Å². The minimum atomic E-state index is -0.991. The summed E-state index contributed by atoms with van der Waals surface area (Å²) in [7, 11) is 0. The summed E-state index contributed by atoms with van der Waals surface area (Å²) < 4.78 is 32.0. The lowest BCUT2D eigenvalue weighted by molar-refractivity contribution is 0.134. The topological polar surface area (TPSA) is 219 Å². The van der Waals surface area contributed by atoms with Crippen molar-refractivity contribution in [1.82, 2.24) is 29.7 Å². The molecule has 216 valence electrons. The van der Waals surface area contributed by atoms with Crippen molar-refractivity contribution < 1.29 is 42.8 Å². The minimum absolute atomic E-state index is 0.0615. The van der Waals surface area contributed by atoms with Crippen LogP contribution >= 0.6 is 0 Å². The van der Waals surface area contributed by atoms with Gasteiger partial charge in [-0.15, -0.1) is 0 Å². The Morgan fingerprint density at radius 3 is 1.08 bits per heavy atom. The van der Waals surface area contributed by atoms with Gasteiger partial charge in [0.05, 0.1) is 57.8 Å². The van der Waals surface area contributed by atoms with E-state index in [9.17, 15) is 28.8 Å². The Morgan fingerprint density at radius 1 is 0.590 bits per heavy atom. The molecule has 0 spiro atoms. The molecule has 0 bridgehead atoms. The van der Waals surface area contributed by atoms with Gasteiger partial charge in [0.15, 0.2) is 0 Å². The van der Waals surface area contributed by atoms with Crippen molar-refractivity contribution in [2.45, 2.75) is 37.9 Å². The Morgan fingerprint density at radius 2 is 0.846 bits per heavy atom. The summed E-state index contributed by atoms with van der Waals surface area (Å²) in [4.78, 5) is 74.3. The van der Waals surface area contributed by atoms with Gasteiger partial charge in [0.1, 0.15) is 19.8 Å². The van der Waals surface area contributed by atoms with Gasteiger partial charge in [0.2, 0.25) is 0 Å². The molecular formula is C21H30N6O12. The van der Waals surface area contributed by atoms with Crippen LogP contribution < -0.4 is 33.0 Å².